The fourth-order valence-corrected chi connectivity index (χ4v) is 2.42. The molecule has 0 saturated carbocycles. The van der Waals surface area contributed by atoms with Crippen molar-refractivity contribution >= 4 is 23.7 Å². The Morgan fingerprint density at radius 3 is 2.03 bits per heavy atom. The lowest BCUT2D eigenvalue weighted by Gasteiger charge is -2.12. The van der Waals surface area contributed by atoms with Crippen molar-refractivity contribution < 1.29 is 28.5 Å². The minimum Gasteiger partial charge on any atom is -0.497 e. The molecule has 0 saturated heterocycles. The van der Waals surface area contributed by atoms with E-state index in [2.05, 4.69) is 15.8 Å². The van der Waals surface area contributed by atoms with Crippen LogP contribution in [0.25, 0.3) is 0 Å². The van der Waals surface area contributed by atoms with Crippen LogP contribution in [0.4, 0.5) is 5.69 Å². The van der Waals surface area contributed by atoms with Gasteiger partial charge in [-0.2, -0.15) is 5.10 Å². The van der Waals surface area contributed by atoms with E-state index in [0.717, 1.165) is 0 Å². The van der Waals surface area contributed by atoms with E-state index < -0.39 is 11.8 Å². The van der Waals surface area contributed by atoms with Crippen molar-refractivity contribution in [2.24, 2.45) is 5.10 Å². The molecule has 0 fully saturated rings. The maximum Gasteiger partial charge on any atom is 0.249 e. The first-order valence-corrected chi connectivity index (χ1v) is 8.56. The van der Waals surface area contributed by atoms with Gasteiger partial charge in [0.25, 0.3) is 0 Å². The zero-order valence-electron chi connectivity index (χ0n) is 16.6. The average molecular weight is 401 g/mol. The fourth-order valence-electron chi connectivity index (χ4n) is 2.42. The SMILES string of the molecule is COc1ccc(NC(=O)CC(=O)NN=Cc2cc(OC)c(OC)c(OC)c2)cc1. The Hall–Kier alpha value is -3.75. The maximum absolute atomic E-state index is 11.9. The molecule has 2 N–H and O–H groups in total. The van der Waals surface area contributed by atoms with Gasteiger partial charge in [-0.1, -0.05) is 0 Å². The van der Waals surface area contributed by atoms with Gasteiger partial charge in [0, 0.05) is 11.3 Å². The molecule has 2 aromatic carbocycles. The van der Waals surface area contributed by atoms with Gasteiger partial charge >= 0.3 is 0 Å². The summed E-state index contributed by atoms with van der Waals surface area (Å²) >= 11 is 0. The van der Waals surface area contributed by atoms with Crippen molar-refractivity contribution in [2.75, 3.05) is 33.8 Å². The van der Waals surface area contributed by atoms with E-state index in [9.17, 15) is 9.59 Å². The Morgan fingerprint density at radius 1 is 0.897 bits per heavy atom. The molecule has 0 bridgehead atoms. The number of benzene rings is 2. The lowest BCUT2D eigenvalue weighted by atomic mass is 10.2. The molecule has 29 heavy (non-hydrogen) atoms. The fraction of sp³-hybridized carbons (Fsp3) is 0.250. The van der Waals surface area contributed by atoms with Crippen molar-refractivity contribution in [2.45, 2.75) is 6.42 Å². The number of hydrogen-bond donors (Lipinski definition) is 2. The summed E-state index contributed by atoms with van der Waals surface area (Å²) in [6, 6.07) is 10.1. The molecule has 0 atom stereocenters. The molecule has 0 spiro atoms. The Bertz CT molecular complexity index is 855. The summed E-state index contributed by atoms with van der Waals surface area (Å²) in [5, 5.41) is 6.48. The van der Waals surface area contributed by atoms with Crippen LogP contribution in [0.5, 0.6) is 23.0 Å². The van der Waals surface area contributed by atoms with Crippen LogP contribution in [0.15, 0.2) is 41.5 Å². The second-order valence-electron chi connectivity index (χ2n) is 5.71. The maximum atomic E-state index is 11.9. The second-order valence-corrected chi connectivity index (χ2v) is 5.71. The van der Waals surface area contributed by atoms with Gasteiger partial charge in [-0.3, -0.25) is 9.59 Å². The number of hydrazone groups is 1. The molecule has 2 amide bonds. The van der Waals surface area contributed by atoms with Crippen LogP contribution in [0.1, 0.15) is 12.0 Å². The zero-order chi connectivity index (χ0) is 21.2. The molecule has 0 aliphatic heterocycles. The summed E-state index contributed by atoms with van der Waals surface area (Å²) in [6.45, 7) is 0. The number of rotatable bonds is 9. The number of carbonyl (C=O) groups excluding carboxylic acids is 2. The lowest BCUT2D eigenvalue weighted by Crippen LogP contribution is -2.24. The van der Waals surface area contributed by atoms with Gasteiger partial charge in [0.2, 0.25) is 17.6 Å². The summed E-state index contributed by atoms with van der Waals surface area (Å²) in [7, 11) is 6.06. The van der Waals surface area contributed by atoms with E-state index in [0.29, 0.717) is 34.2 Å². The average Bonchev–Trinajstić information content (AvgIpc) is 2.73. The Kier molecular flexibility index (Phi) is 7.84. The van der Waals surface area contributed by atoms with Crippen LogP contribution in [0.2, 0.25) is 0 Å². The van der Waals surface area contributed by atoms with Gasteiger partial charge in [-0.05, 0) is 36.4 Å². The largest absolute Gasteiger partial charge is 0.497 e. The number of nitrogens with one attached hydrogen (secondary N) is 2. The molecule has 0 unspecified atom stereocenters. The predicted molar refractivity (Wildman–Crippen MR) is 108 cm³/mol. The highest BCUT2D eigenvalue weighted by atomic mass is 16.5. The Labute approximate surface area is 168 Å². The number of methoxy groups -OCH3 is 4. The zero-order valence-corrected chi connectivity index (χ0v) is 16.6. The standard InChI is InChI=1S/C20H23N3O6/c1-26-15-7-5-14(6-8-15)22-18(24)11-19(25)23-21-12-13-9-16(27-2)20(29-4)17(10-13)28-3/h5-10,12H,11H2,1-4H3,(H,22,24)(H,23,25). The molecule has 0 heterocycles. The van der Waals surface area contributed by atoms with Gasteiger partial charge in [0.1, 0.15) is 12.2 Å². The minimum atomic E-state index is -0.556. The van der Waals surface area contributed by atoms with Crippen LogP contribution in [-0.4, -0.2) is 46.5 Å². The van der Waals surface area contributed by atoms with Gasteiger partial charge in [0.05, 0.1) is 34.7 Å². The summed E-state index contributed by atoms with van der Waals surface area (Å²) < 4.78 is 20.8. The predicted octanol–water partition coefficient (Wildman–Crippen LogP) is 2.20. The molecule has 0 radical (unpaired) electrons. The lowest BCUT2D eigenvalue weighted by molar-refractivity contribution is -0.126. The van der Waals surface area contributed by atoms with Crippen molar-refractivity contribution in [3.05, 3.63) is 42.0 Å². The smallest absolute Gasteiger partial charge is 0.249 e. The van der Waals surface area contributed by atoms with Crippen LogP contribution >= 0.6 is 0 Å². The van der Waals surface area contributed by atoms with Crippen molar-refractivity contribution in [1.82, 2.24) is 5.43 Å². The molecule has 0 aliphatic rings. The highest BCUT2D eigenvalue weighted by Gasteiger charge is 2.13. The number of ether oxygens (including phenoxy) is 4. The van der Waals surface area contributed by atoms with E-state index in [4.69, 9.17) is 18.9 Å². The molecule has 0 aromatic heterocycles. The first-order chi connectivity index (χ1) is 14.0. The monoisotopic (exact) mass is 401 g/mol. The summed E-state index contributed by atoms with van der Waals surface area (Å²) in [5.74, 6) is 1.01. The molecular formula is C20H23N3O6. The summed E-state index contributed by atoms with van der Waals surface area (Å²) in [4.78, 5) is 23.9. The summed E-state index contributed by atoms with van der Waals surface area (Å²) in [5.41, 5.74) is 3.48. The topological polar surface area (TPSA) is 107 Å². The second kappa shape index (κ2) is 10.5. The van der Waals surface area contributed by atoms with Crippen LogP contribution < -0.4 is 29.7 Å². The highest BCUT2D eigenvalue weighted by Crippen LogP contribution is 2.37. The summed E-state index contributed by atoms with van der Waals surface area (Å²) in [6.07, 6.45) is 1.03. The van der Waals surface area contributed by atoms with E-state index in [1.54, 1.807) is 43.5 Å². The van der Waals surface area contributed by atoms with E-state index in [1.807, 2.05) is 0 Å². The molecule has 0 aliphatic carbocycles. The Balaban J connectivity index is 1.92. The van der Waals surface area contributed by atoms with Crippen molar-refractivity contribution in [3.63, 3.8) is 0 Å². The third-order valence-electron chi connectivity index (χ3n) is 3.78. The van der Waals surface area contributed by atoms with E-state index in [-0.39, 0.29) is 6.42 Å². The number of nitrogens with zero attached hydrogens (tertiary/aromatic N) is 1. The molecule has 154 valence electrons. The molecule has 9 nitrogen and oxygen atoms in total. The normalized spacial score (nSPS) is 10.3. The van der Waals surface area contributed by atoms with Gasteiger partial charge < -0.3 is 24.3 Å². The molecule has 2 aromatic rings. The van der Waals surface area contributed by atoms with Crippen molar-refractivity contribution in [3.8, 4) is 23.0 Å². The van der Waals surface area contributed by atoms with Gasteiger partial charge in [-0.15, -0.1) is 0 Å². The van der Waals surface area contributed by atoms with E-state index in [1.165, 1.54) is 27.5 Å². The molecule has 2 rings (SSSR count). The Morgan fingerprint density at radius 2 is 1.52 bits per heavy atom. The van der Waals surface area contributed by atoms with Crippen LogP contribution in [-0.2, 0) is 9.59 Å². The number of carbonyl (C=O) groups is 2. The van der Waals surface area contributed by atoms with Crippen LogP contribution in [0.3, 0.4) is 0 Å². The quantitative estimate of drug-likeness (QED) is 0.379. The third-order valence-corrected chi connectivity index (χ3v) is 3.78. The number of anilines is 1. The number of amides is 2. The minimum absolute atomic E-state index is 0.376. The molecule has 9 heteroatoms. The molecular weight excluding hydrogens is 378 g/mol. The number of hydrogen-bond acceptors (Lipinski definition) is 7. The van der Waals surface area contributed by atoms with Gasteiger partial charge in [0.15, 0.2) is 11.5 Å². The van der Waals surface area contributed by atoms with Crippen LogP contribution in [0, 0.1) is 0 Å². The first kappa shape index (κ1) is 21.5. The van der Waals surface area contributed by atoms with Gasteiger partial charge in [-0.25, -0.2) is 5.43 Å². The highest BCUT2D eigenvalue weighted by molar-refractivity contribution is 6.03. The first-order valence-electron chi connectivity index (χ1n) is 8.56. The third kappa shape index (κ3) is 6.13. The van der Waals surface area contributed by atoms with Crippen molar-refractivity contribution in [1.29, 1.82) is 0 Å². The van der Waals surface area contributed by atoms with E-state index >= 15 is 0 Å².